The average Bonchev–Trinajstić information content (AvgIpc) is 2.54. The van der Waals surface area contributed by atoms with Gasteiger partial charge in [0.2, 0.25) is 5.91 Å². The van der Waals surface area contributed by atoms with Crippen molar-refractivity contribution in [2.45, 2.75) is 51.5 Å². The van der Waals surface area contributed by atoms with Gasteiger partial charge < -0.3 is 10.4 Å². The molecule has 0 atom stereocenters. The van der Waals surface area contributed by atoms with Crippen LogP contribution in [0.3, 0.4) is 0 Å². The van der Waals surface area contributed by atoms with Crippen molar-refractivity contribution in [3.8, 4) is 0 Å². The van der Waals surface area contributed by atoms with Gasteiger partial charge in [-0.05, 0) is 63.4 Å². The SMILES string of the molecule is Cc1cc(C)c(S(=O)(=O)Nc2ccc(CC(=O)NC(C)(C)CO)cc2)c(C)c1. The number of aliphatic hydroxyl groups excluding tert-OH is 1. The fraction of sp³-hybridized carbons (Fsp3) is 0.381. The molecule has 0 bridgehead atoms. The summed E-state index contributed by atoms with van der Waals surface area (Å²) in [5, 5.41) is 12.0. The summed E-state index contributed by atoms with van der Waals surface area (Å²) in [4.78, 5) is 12.3. The molecule has 0 aliphatic carbocycles. The fourth-order valence-electron chi connectivity index (χ4n) is 3.13. The first-order valence-corrected chi connectivity index (χ1v) is 10.5. The van der Waals surface area contributed by atoms with Gasteiger partial charge in [0.25, 0.3) is 10.0 Å². The summed E-state index contributed by atoms with van der Waals surface area (Å²) in [7, 11) is -3.71. The molecule has 0 heterocycles. The van der Waals surface area contributed by atoms with E-state index in [2.05, 4.69) is 10.0 Å². The topological polar surface area (TPSA) is 95.5 Å². The van der Waals surface area contributed by atoms with Crippen molar-refractivity contribution in [1.29, 1.82) is 0 Å². The van der Waals surface area contributed by atoms with E-state index in [-0.39, 0.29) is 23.8 Å². The number of nitrogens with one attached hydrogen (secondary N) is 2. The van der Waals surface area contributed by atoms with Crippen LogP contribution in [0.2, 0.25) is 0 Å². The van der Waals surface area contributed by atoms with Crippen LogP contribution >= 0.6 is 0 Å². The van der Waals surface area contributed by atoms with Crippen molar-refractivity contribution in [2.75, 3.05) is 11.3 Å². The van der Waals surface area contributed by atoms with E-state index in [0.717, 1.165) is 11.1 Å². The van der Waals surface area contributed by atoms with Gasteiger partial charge in [0, 0.05) is 5.69 Å². The van der Waals surface area contributed by atoms with Crippen LogP contribution < -0.4 is 10.0 Å². The smallest absolute Gasteiger partial charge is 0.262 e. The molecule has 0 fully saturated rings. The van der Waals surface area contributed by atoms with Crippen molar-refractivity contribution in [2.24, 2.45) is 0 Å². The Kier molecular flexibility index (Phi) is 6.52. The minimum Gasteiger partial charge on any atom is -0.394 e. The minimum atomic E-state index is -3.71. The second kappa shape index (κ2) is 8.32. The van der Waals surface area contributed by atoms with Crippen molar-refractivity contribution in [3.63, 3.8) is 0 Å². The van der Waals surface area contributed by atoms with E-state index < -0.39 is 15.6 Å². The van der Waals surface area contributed by atoms with Crippen molar-refractivity contribution in [1.82, 2.24) is 5.32 Å². The number of carbonyl (C=O) groups excluding carboxylic acids is 1. The lowest BCUT2D eigenvalue weighted by Crippen LogP contribution is -2.46. The van der Waals surface area contributed by atoms with Crippen LogP contribution in [0.4, 0.5) is 5.69 Å². The van der Waals surface area contributed by atoms with Crippen molar-refractivity contribution in [3.05, 3.63) is 58.7 Å². The standard InChI is InChI=1S/C21H28N2O4S/c1-14-10-15(2)20(16(3)11-14)28(26,27)23-18-8-6-17(7-9-18)12-19(25)22-21(4,5)13-24/h6-11,23-24H,12-13H2,1-5H3,(H,22,25). The highest BCUT2D eigenvalue weighted by Gasteiger charge is 2.21. The lowest BCUT2D eigenvalue weighted by Gasteiger charge is -2.23. The third-order valence-electron chi connectivity index (χ3n) is 4.32. The average molecular weight is 405 g/mol. The summed E-state index contributed by atoms with van der Waals surface area (Å²) in [6.07, 6.45) is 0.145. The van der Waals surface area contributed by atoms with Crippen LogP contribution in [-0.2, 0) is 21.2 Å². The molecule has 0 aliphatic rings. The first-order chi connectivity index (χ1) is 12.9. The van der Waals surface area contributed by atoms with Crippen LogP contribution in [0, 0.1) is 20.8 Å². The molecule has 152 valence electrons. The van der Waals surface area contributed by atoms with Gasteiger partial charge in [0.1, 0.15) is 0 Å². The maximum absolute atomic E-state index is 12.8. The Morgan fingerprint density at radius 1 is 1.04 bits per heavy atom. The molecule has 0 aromatic heterocycles. The van der Waals surface area contributed by atoms with Crippen molar-refractivity contribution < 1.29 is 18.3 Å². The van der Waals surface area contributed by atoms with E-state index in [1.807, 2.05) is 19.1 Å². The Balaban J connectivity index is 2.13. The first-order valence-electron chi connectivity index (χ1n) is 9.05. The van der Waals surface area contributed by atoms with Crippen molar-refractivity contribution >= 4 is 21.6 Å². The number of carbonyl (C=O) groups is 1. The number of hydrogen-bond acceptors (Lipinski definition) is 4. The second-order valence-corrected chi connectivity index (χ2v) is 9.42. The van der Waals surface area contributed by atoms with E-state index in [9.17, 15) is 18.3 Å². The number of rotatable bonds is 7. The molecule has 0 radical (unpaired) electrons. The lowest BCUT2D eigenvalue weighted by molar-refractivity contribution is -0.122. The van der Waals surface area contributed by atoms with Gasteiger partial charge in [-0.25, -0.2) is 8.42 Å². The van der Waals surface area contributed by atoms with Gasteiger partial charge in [-0.1, -0.05) is 29.8 Å². The molecule has 3 N–H and O–H groups in total. The van der Waals surface area contributed by atoms with E-state index in [4.69, 9.17) is 0 Å². The Bertz CT molecular complexity index is 941. The summed E-state index contributed by atoms with van der Waals surface area (Å²) < 4.78 is 28.2. The largest absolute Gasteiger partial charge is 0.394 e. The number of hydrogen-bond donors (Lipinski definition) is 3. The highest BCUT2D eigenvalue weighted by Crippen LogP contribution is 2.24. The molecule has 0 saturated carbocycles. The molecule has 0 unspecified atom stereocenters. The fourth-order valence-corrected chi connectivity index (χ4v) is 4.65. The number of aryl methyl sites for hydroxylation is 3. The number of sulfonamides is 1. The predicted octanol–water partition coefficient (Wildman–Crippen LogP) is 2.84. The molecular weight excluding hydrogens is 376 g/mol. The van der Waals surface area contributed by atoms with Gasteiger partial charge in [-0.15, -0.1) is 0 Å². The lowest BCUT2D eigenvalue weighted by atomic mass is 10.1. The van der Waals surface area contributed by atoms with Crippen LogP contribution in [0.15, 0.2) is 41.3 Å². The molecule has 0 saturated heterocycles. The monoisotopic (exact) mass is 404 g/mol. The molecule has 6 nitrogen and oxygen atoms in total. The molecule has 2 aromatic rings. The quantitative estimate of drug-likeness (QED) is 0.661. The zero-order valence-electron chi connectivity index (χ0n) is 17.0. The van der Waals surface area contributed by atoms with E-state index in [1.165, 1.54) is 0 Å². The predicted molar refractivity (Wildman–Crippen MR) is 111 cm³/mol. The van der Waals surface area contributed by atoms with Gasteiger partial charge >= 0.3 is 0 Å². The third-order valence-corrected chi connectivity index (χ3v) is 6.00. The van der Waals surface area contributed by atoms with Crippen LogP contribution in [0.5, 0.6) is 0 Å². The van der Waals surface area contributed by atoms with Crippen LogP contribution in [0.1, 0.15) is 36.1 Å². The van der Waals surface area contributed by atoms with Gasteiger partial charge in [0.05, 0.1) is 23.5 Å². The molecule has 7 heteroatoms. The zero-order chi connectivity index (χ0) is 21.1. The number of anilines is 1. The Morgan fingerprint density at radius 3 is 2.07 bits per heavy atom. The highest BCUT2D eigenvalue weighted by atomic mass is 32.2. The number of benzene rings is 2. The molecule has 2 aromatic carbocycles. The molecule has 0 aliphatic heterocycles. The van der Waals surface area contributed by atoms with Crippen LogP contribution in [-0.4, -0.2) is 31.6 Å². The summed E-state index contributed by atoms with van der Waals surface area (Å²) in [5.41, 5.74) is 2.91. The van der Waals surface area contributed by atoms with E-state index in [0.29, 0.717) is 16.8 Å². The first kappa shape index (κ1) is 21.9. The summed E-state index contributed by atoms with van der Waals surface area (Å²) in [5.74, 6) is -0.210. The van der Waals surface area contributed by atoms with Gasteiger partial charge in [-0.2, -0.15) is 0 Å². The number of aliphatic hydroxyl groups is 1. The van der Waals surface area contributed by atoms with E-state index in [1.54, 1.807) is 52.0 Å². The Hall–Kier alpha value is -2.38. The molecule has 0 spiro atoms. The molecule has 1 amide bonds. The molecule has 2 rings (SSSR count). The van der Waals surface area contributed by atoms with Crippen LogP contribution in [0.25, 0.3) is 0 Å². The molecular formula is C21H28N2O4S. The number of amides is 1. The second-order valence-electron chi connectivity index (χ2n) is 7.80. The molecule has 28 heavy (non-hydrogen) atoms. The highest BCUT2D eigenvalue weighted by molar-refractivity contribution is 7.92. The minimum absolute atomic E-state index is 0.145. The van der Waals surface area contributed by atoms with E-state index >= 15 is 0 Å². The maximum Gasteiger partial charge on any atom is 0.262 e. The Labute approximate surface area is 167 Å². The summed E-state index contributed by atoms with van der Waals surface area (Å²) in [6, 6.07) is 10.4. The Morgan fingerprint density at radius 2 is 1.57 bits per heavy atom. The summed E-state index contributed by atoms with van der Waals surface area (Å²) in [6.45, 7) is 8.81. The normalized spacial score (nSPS) is 11.9. The zero-order valence-corrected chi connectivity index (χ0v) is 17.8. The third kappa shape index (κ3) is 5.56. The maximum atomic E-state index is 12.8. The summed E-state index contributed by atoms with van der Waals surface area (Å²) >= 11 is 0. The van der Waals surface area contributed by atoms with Gasteiger partial charge in [0.15, 0.2) is 0 Å². The van der Waals surface area contributed by atoms with Gasteiger partial charge in [-0.3, -0.25) is 9.52 Å².